The highest BCUT2D eigenvalue weighted by molar-refractivity contribution is 5.86. The molecule has 0 atom stereocenters. The molecule has 1 aromatic heterocycles. The molecule has 1 rings (SSSR count). The minimum absolute atomic E-state index is 0.117. The first kappa shape index (κ1) is 10.3. The number of methoxy groups -OCH3 is 1. The van der Waals surface area contributed by atoms with Crippen LogP contribution in [0, 0.1) is 11.3 Å². The summed E-state index contributed by atoms with van der Waals surface area (Å²) in [7, 11) is 1.28. The van der Waals surface area contributed by atoms with E-state index in [0.717, 1.165) is 0 Å². The van der Waals surface area contributed by atoms with Gasteiger partial charge in [-0.05, 0) is 26.0 Å². The quantitative estimate of drug-likeness (QED) is 0.672. The topological polar surface area (TPSA) is 63.2 Å². The zero-order valence-electron chi connectivity index (χ0n) is 8.33. The van der Waals surface area contributed by atoms with Gasteiger partial charge in [0.1, 0.15) is 11.2 Å². The van der Waals surface area contributed by atoms with Crippen LogP contribution in [0.4, 0.5) is 0 Å². The Kier molecular flexibility index (Phi) is 2.61. The minimum atomic E-state index is -0.730. The Balaban J connectivity index is 3.01. The van der Waals surface area contributed by atoms with Gasteiger partial charge in [0.25, 0.3) is 0 Å². The van der Waals surface area contributed by atoms with E-state index in [9.17, 15) is 4.79 Å². The van der Waals surface area contributed by atoms with E-state index in [0.29, 0.717) is 5.76 Å². The van der Waals surface area contributed by atoms with E-state index < -0.39 is 11.4 Å². The van der Waals surface area contributed by atoms with E-state index in [1.165, 1.54) is 13.2 Å². The molecule has 0 N–H and O–H groups in total. The molecule has 0 aliphatic carbocycles. The highest BCUT2D eigenvalue weighted by Gasteiger charge is 2.25. The number of esters is 1. The van der Waals surface area contributed by atoms with Gasteiger partial charge in [-0.2, -0.15) is 5.26 Å². The maximum atomic E-state index is 11.0. The van der Waals surface area contributed by atoms with Crippen LogP contribution in [0.1, 0.15) is 30.2 Å². The van der Waals surface area contributed by atoms with Gasteiger partial charge < -0.3 is 9.15 Å². The van der Waals surface area contributed by atoms with Crippen molar-refractivity contribution in [2.24, 2.45) is 0 Å². The lowest BCUT2D eigenvalue weighted by Crippen LogP contribution is -2.12. The summed E-state index contributed by atoms with van der Waals surface area (Å²) in [4.78, 5) is 11.0. The molecule has 0 aromatic carbocycles. The Labute approximate surface area is 82.1 Å². The first-order valence-corrected chi connectivity index (χ1v) is 4.11. The van der Waals surface area contributed by atoms with Gasteiger partial charge >= 0.3 is 5.97 Å². The average molecular weight is 193 g/mol. The first-order chi connectivity index (χ1) is 6.51. The third-order valence-electron chi connectivity index (χ3n) is 1.89. The van der Waals surface area contributed by atoms with Crippen LogP contribution in [0.25, 0.3) is 0 Å². The van der Waals surface area contributed by atoms with Gasteiger partial charge in [0.15, 0.2) is 0 Å². The van der Waals surface area contributed by atoms with Gasteiger partial charge in [0, 0.05) is 0 Å². The zero-order chi connectivity index (χ0) is 10.8. The SMILES string of the molecule is COC(=O)c1ccc(C(C)(C)C#N)o1. The molecule has 0 aliphatic rings. The van der Waals surface area contributed by atoms with Gasteiger partial charge in [0.05, 0.1) is 13.2 Å². The molecular formula is C10H11NO3. The summed E-state index contributed by atoms with van der Waals surface area (Å²) in [6, 6.07) is 5.19. The lowest BCUT2D eigenvalue weighted by molar-refractivity contribution is 0.0562. The van der Waals surface area contributed by atoms with Crippen molar-refractivity contribution in [1.29, 1.82) is 5.26 Å². The number of ether oxygens (including phenoxy) is 1. The van der Waals surface area contributed by atoms with Crippen molar-refractivity contribution in [1.82, 2.24) is 0 Å². The molecule has 0 unspecified atom stereocenters. The largest absolute Gasteiger partial charge is 0.463 e. The number of rotatable bonds is 2. The van der Waals surface area contributed by atoms with E-state index in [-0.39, 0.29) is 5.76 Å². The maximum Gasteiger partial charge on any atom is 0.373 e. The lowest BCUT2D eigenvalue weighted by Gasteiger charge is -2.10. The Morgan fingerprint density at radius 1 is 1.57 bits per heavy atom. The fraction of sp³-hybridized carbons (Fsp3) is 0.400. The molecule has 14 heavy (non-hydrogen) atoms. The fourth-order valence-electron chi connectivity index (χ4n) is 0.939. The van der Waals surface area contributed by atoms with Crippen LogP contribution in [-0.4, -0.2) is 13.1 Å². The molecule has 0 saturated heterocycles. The Hall–Kier alpha value is -1.76. The number of nitrogens with zero attached hydrogens (tertiary/aromatic N) is 1. The number of furan rings is 1. The highest BCUT2D eigenvalue weighted by Crippen LogP contribution is 2.24. The summed E-state index contributed by atoms with van der Waals surface area (Å²) < 4.78 is 9.68. The summed E-state index contributed by atoms with van der Waals surface area (Å²) in [6.45, 7) is 3.43. The van der Waals surface area contributed by atoms with Gasteiger partial charge in [-0.25, -0.2) is 4.79 Å². The summed E-state index contributed by atoms with van der Waals surface area (Å²) in [6.07, 6.45) is 0. The average Bonchev–Trinajstić information content (AvgIpc) is 2.66. The van der Waals surface area contributed by atoms with Crippen molar-refractivity contribution in [3.63, 3.8) is 0 Å². The molecule has 0 spiro atoms. The second kappa shape index (κ2) is 3.54. The molecule has 74 valence electrons. The lowest BCUT2D eigenvalue weighted by atomic mass is 9.93. The maximum absolute atomic E-state index is 11.0. The molecule has 1 aromatic rings. The molecule has 1 heterocycles. The van der Waals surface area contributed by atoms with E-state index in [2.05, 4.69) is 10.8 Å². The number of carbonyl (C=O) groups excluding carboxylic acids is 1. The molecule has 0 saturated carbocycles. The zero-order valence-corrected chi connectivity index (χ0v) is 8.33. The van der Waals surface area contributed by atoms with Crippen LogP contribution in [0.2, 0.25) is 0 Å². The minimum Gasteiger partial charge on any atom is -0.463 e. The normalized spacial score (nSPS) is 10.7. The molecule has 0 aliphatic heterocycles. The second-order valence-corrected chi connectivity index (χ2v) is 3.39. The van der Waals surface area contributed by atoms with E-state index >= 15 is 0 Å². The summed E-state index contributed by atoms with van der Waals surface area (Å²) in [5, 5.41) is 8.83. The van der Waals surface area contributed by atoms with Crippen molar-refractivity contribution >= 4 is 5.97 Å². The predicted octanol–water partition coefficient (Wildman–Crippen LogP) is 1.87. The first-order valence-electron chi connectivity index (χ1n) is 4.11. The standard InChI is InChI=1S/C10H11NO3/c1-10(2,6-11)8-5-4-7(14-8)9(12)13-3/h4-5H,1-3H3. The van der Waals surface area contributed by atoms with Crippen molar-refractivity contribution in [3.05, 3.63) is 23.7 Å². The van der Waals surface area contributed by atoms with Crippen molar-refractivity contribution in [2.45, 2.75) is 19.3 Å². The van der Waals surface area contributed by atoms with Crippen LogP contribution < -0.4 is 0 Å². The summed E-state index contributed by atoms with van der Waals surface area (Å²) >= 11 is 0. The van der Waals surface area contributed by atoms with Crippen molar-refractivity contribution < 1.29 is 13.9 Å². The Morgan fingerprint density at radius 2 is 2.21 bits per heavy atom. The number of nitriles is 1. The van der Waals surface area contributed by atoms with Gasteiger partial charge in [0.2, 0.25) is 5.76 Å². The Morgan fingerprint density at radius 3 is 2.71 bits per heavy atom. The van der Waals surface area contributed by atoms with Gasteiger partial charge in [-0.1, -0.05) is 0 Å². The van der Waals surface area contributed by atoms with Crippen molar-refractivity contribution in [2.75, 3.05) is 7.11 Å². The highest BCUT2D eigenvalue weighted by atomic mass is 16.5. The third-order valence-corrected chi connectivity index (χ3v) is 1.89. The van der Waals surface area contributed by atoms with Crippen LogP contribution in [0.15, 0.2) is 16.5 Å². The van der Waals surface area contributed by atoms with Crippen LogP contribution >= 0.6 is 0 Å². The molecule has 0 radical (unpaired) electrons. The molecule has 0 fully saturated rings. The van der Waals surface area contributed by atoms with E-state index in [1.807, 2.05) is 0 Å². The van der Waals surface area contributed by atoms with Gasteiger partial charge in [-0.15, -0.1) is 0 Å². The second-order valence-electron chi connectivity index (χ2n) is 3.39. The summed E-state index contributed by atoms with van der Waals surface area (Å²) in [5.41, 5.74) is -0.730. The Bertz CT molecular complexity index is 384. The molecule has 0 bridgehead atoms. The number of hydrogen-bond acceptors (Lipinski definition) is 4. The van der Waals surface area contributed by atoms with Crippen LogP contribution in [0.5, 0.6) is 0 Å². The third kappa shape index (κ3) is 1.77. The summed E-state index contributed by atoms with van der Waals surface area (Å²) in [5.74, 6) is 0.0382. The molecule has 0 amide bonds. The number of carbonyl (C=O) groups is 1. The predicted molar refractivity (Wildman–Crippen MR) is 48.7 cm³/mol. The van der Waals surface area contributed by atoms with E-state index in [1.54, 1.807) is 19.9 Å². The molecule has 4 heteroatoms. The number of hydrogen-bond donors (Lipinski definition) is 0. The molecule has 4 nitrogen and oxygen atoms in total. The van der Waals surface area contributed by atoms with Crippen molar-refractivity contribution in [3.8, 4) is 6.07 Å². The van der Waals surface area contributed by atoms with Gasteiger partial charge in [-0.3, -0.25) is 0 Å². The van der Waals surface area contributed by atoms with Crippen LogP contribution in [-0.2, 0) is 10.2 Å². The molecular weight excluding hydrogens is 182 g/mol. The van der Waals surface area contributed by atoms with E-state index in [4.69, 9.17) is 9.68 Å². The smallest absolute Gasteiger partial charge is 0.373 e. The van der Waals surface area contributed by atoms with Crippen LogP contribution in [0.3, 0.4) is 0 Å². The fourth-order valence-corrected chi connectivity index (χ4v) is 0.939. The monoisotopic (exact) mass is 193 g/mol.